The molecule has 29 heavy (non-hydrogen) atoms. The van der Waals surface area contributed by atoms with Gasteiger partial charge in [-0.1, -0.05) is 38.5 Å². The summed E-state index contributed by atoms with van der Waals surface area (Å²) in [4.78, 5) is 25.3. The minimum atomic E-state index is -0.688. The molecule has 7 nitrogen and oxygen atoms in total. The summed E-state index contributed by atoms with van der Waals surface area (Å²) >= 11 is 0. The molecule has 7 heteroatoms. The second kappa shape index (κ2) is 8.03. The molecule has 152 valence electrons. The van der Waals surface area contributed by atoms with Crippen molar-refractivity contribution in [3.63, 3.8) is 0 Å². The van der Waals surface area contributed by atoms with Crippen molar-refractivity contribution in [2.75, 3.05) is 5.32 Å². The smallest absolute Gasteiger partial charge is 0.266 e. The number of nitrogens with one attached hydrogen (secondary N) is 1. The number of carbonyl (C=O) groups excluding carboxylic acids is 1. The Morgan fingerprint density at radius 3 is 2.55 bits per heavy atom. The highest BCUT2D eigenvalue weighted by Crippen LogP contribution is 2.32. The molecule has 2 aromatic heterocycles. The molecule has 0 aliphatic heterocycles. The summed E-state index contributed by atoms with van der Waals surface area (Å²) in [5, 5.41) is 2.80. The lowest BCUT2D eigenvalue weighted by atomic mass is 9.85. The highest BCUT2D eigenvalue weighted by Gasteiger charge is 2.23. The van der Waals surface area contributed by atoms with Crippen LogP contribution in [0.5, 0.6) is 5.75 Å². The molecule has 3 rings (SSSR count). The predicted octanol–water partition coefficient (Wildman–Crippen LogP) is 3.98. The van der Waals surface area contributed by atoms with Crippen LogP contribution in [0.15, 0.2) is 43.0 Å². The number of rotatable bonds is 5. The topological polar surface area (TPSA) is 81.9 Å². The maximum absolute atomic E-state index is 12.7. The first-order chi connectivity index (χ1) is 13.6. The molecular weight excluding hydrogens is 366 g/mol. The van der Waals surface area contributed by atoms with Crippen LogP contribution in [-0.2, 0) is 10.2 Å². The van der Waals surface area contributed by atoms with Gasteiger partial charge in [0, 0.05) is 18.5 Å². The largest absolute Gasteiger partial charge is 0.481 e. The normalized spacial score (nSPS) is 12.5. The van der Waals surface area contributed by atoms with E-state index in [9.17, 15) is 4.79 Å². The van der Waals surface area contributed by atoms with Crippen molar-refractivity contribution in [1.29, 1.82) is 0 Å². The average molecular weight is 393 g/mol. The quantitative estimate of drug-likeness (QED) is 0.709. The Morgan fingerprint density at radius 1 is 1.14 bits per heavy atom. The number of benzene rings is 1. The molecule has 1 aromatic carbocycles. The third-order valence-corrected chi connectivity index (χ3v) is 4.59. The minimum Gasteiger partial charge on any atom is -0.481 e. The van der Waals surface area contributed by atoms with Gasteiger partial charge in [-0.25, -0.2) is 15.0 Å². The van der Waals surface area contributed by atoms with Gasteiger partial charge in [0.15, 0.2) is 6.10 Å². The van der Waals surface area contributed by atoms with Crippen LogP contribution in [-0.4, -0.2) is 31.5 Å². The van der Waals surface area contributed by atoms with Gasteiger partial charge < -0.3 is 10.1 Å². The maximum Gasteiger partial charge on any atom is 0.266 e. The Hall–Kier alpha value is -3.22. The first-order valence-electron chi connectivity index (χ1n) is 9.56. The van der Waals surface area contributed by atoms with Gasteiger partial charge in [-0.2, -0.15) is 0 Å². The first kappa shape index (κ1) is 20.5. The van der Waals surface area contributed by atoms with Gasteiger partial charge in [0.25, 0.3) is 5.91 Å². The fraction of sp³-hybridized carbons (Fsp3) is 0.364. The van der Waals surface area contributed by atoms with Gasteiger partial charge in [0.2, 0.25) is 0 Å². The molecule has 0 fully saturated rings. The standard InChI is InChI=1S/C22H27N5O2/c1-14-7-8-18(17(11-14)22(4,5)6)29-15(2)21(28)26-19-12-20(25-13-24-19)27-10-9-23-16(27)3/h7-13,15H,1-6H3,(H,24,25,26,28). The molecule has 1 amide bonds. The number of carbonyl (C=O) groups is 1. The number of hydrogen-bond donors (Lipinski definition) is 1. The van der Waals surface area contributed by atoms with E-state index in [-0.39, 0.29) is 11.3 Å². The summed E-state index contributed by atoms with van der Waals surface area (Å²) in [6, 6.07) is 7.71. The third-order valence-electron chi connectivity index (χ3n) is 4.59. The van der Waals surface area contributed by atoms with Gasteiger partial charge in [-0.15, -0.1) is 0 Å². The molecule has 0 saturated heterocycles. The molecule has 1 unspecified atom stereocenters. The summed E-state index contributed by atoms with van der Waals surface area (Å²) in [6.45, 7) is 12.0. The minimum absolute atomic E-state index is 0.0955. The highest BCUT2D eigenvalue weighted by atomic mass is 16.5. The Morgan fingerprint density at radius 2 is 1.90 bits per heavy atom. The summed E-state index contributed by atoms with van der Waals surface area (Å²) in [5.74, 6) is 2.27. The predicted molar refractivity (Wildman–Crippen MR) is 112 cm³/mol. The van der Waals surface area contributed by atoms with Crippen LogP contribution in [0.25, 0.3) is 5.82 Å². The molecule has 3 aromatic rings. The van der Waals surface area contributed by atoms with Crippen LogP contribution in [0.2, 0.25) is 0 Å². The van der Waals surface area contributed by atoms with Gasteiger partial charge >= 0.3 is 0 Å². The number of aryl methyl sites for hydroxylation is 2. The van der Waals surface area contributed by atoms with E-state index in [4.69, 9.17) is 4.74 Å². The van der Waals surface area contributed by atoms with Gasteiger partial charge in [-0.3, -0.25) is 9.36 Å². The number of aromatic nitrogens is 4. The summed E-state index contributed by atoms with van der Waals surface area (Å²) in [5.41, 5.74) is 2.13. The lowest BCUT2D eigenvalue weighted by Crippen LogP contribution is -2.31. The number of hydrogen-bond acceptors (Lipinski definition) is 5. The van der Waals surface area contributed by atoms with E-state index in [2.05, 4.69) is 47.1 Å². The van der Waals surface area contributed by atoms with E-state index in [0.29, 0.717) is 17.4 Å². The molecule has 0 aliphatic carbocycles. The van der Waals surface area contributed by atoms with E-state index in [1.165, 1.54) is 6.33 Å². The Balaban J connectivity index is 1.75. The van der Waals surface area contributed by atoms with Crippen molar-refractivity contribution in [3.05, 3.63) is 59.9 Å². The fourth-order valence-corrected chi connectivity index (χ4v) is 2.97. The van der Waals surface area contributed by atoms with Crippen LogP contribution in [0.3, 0.4) is 0 Å². The fourth-order valence-electron chi connectivity index (χ4n) is 2.97. The number of imidazole rings is 1. The Kier molecular flexibility index (Phi) is 5.68. The second-order valence-corrected chi connectivity index (χ2v) is 8.10. The first-order valence-corrected chi connectivity index (χ1v) is 9.56. The Bertz CT molecular complexity index is 1020. The lowest BCUT2D eigenvalue weighted by molar-refractivity contribution is -0.122. The zero-order valence-corrected chi connectivity index (χ0v) is 17.7. The molecule has 0 spiro atoms. The van der Waals surface area contributed by atoms with Crippen molar-refractivity contribution >= 4 is 11.7 Å². The van der Waals surface area contributed by atoms with Gasteiger partial charge in [-0.05, 0) is 37.8 Å². The van der Waals surface area contributed by atoms with Crippen LogP contribution < -0.4 is 10.1 Å². The summed E-state index contributed by atoms with van der Waals surface area (Å²) in [6.07, 6.45) is 4.22. The molecule has 1 atom stereocenters. The van der Waals surface area contributed by atoms with Crippen LogP contribution >= 0.6 is 0 Å². The maximum atomic E-state index is 12.7. The van der Waals surface area contributed by atoms with Crippen LogP contribution in [0, 0.1) is 13.8 Å². The zero-order valence-electron chi connectivity index (χ0n) is 17.7. The van der Waals surface area contributed by atoms with E-state index in [1.54, 1.807) is 25.4 Å². The van der Waals surface area contributed by atoms with E-state index < -0.39 is 6.10 Å². The second-order valence-electron chi connectivity index (χ2n) is 8.10. The summed E-state index contributed by atoms with van der Waals surface area (Å²) < 4.78 is 7.83. The van der Waals surface area contributed by atoms with Crippen molar-refractivity contribution in [2.45, 2.75) is 53.1 Å². The molecule has 0 bridgehead atoms. The SMILES string of the molecule is Cc1ccc(OC(C)C(=O)Nc2cc(-n3ccnc3C)ncn2)c(C(C)(C)C)c1. The molecule has 0 aliphatic rings. The number of amides is 1. The van der Waals surface area contributed by atoms with Gasteiger partial charge in [0.05, 0.1) is 0 Å². The molecular formula is C22H27N5O2. The average Bonchev–Trinajstić information content (AvgIpc) is 3.08. The van der Waals surface area contributed by atoms with Crippen LogP contribution in [0.1, 0.15) is 44.6 Å². The number of ether oxygens (including phenoxy) is 1. The molecule has 0 radical (unpaired) electrons. The number of nitrogens with zero attached hydrogens (tertiary/aromatic N) is 4. The zero-order chi connectivity index (χ0) is 21.2. The lowest BCUT2D eigenvalue weighted by Gasteiger charge is -2.25. The Labute approximate surface area is 171 Å². The van der Waals surface area contributed by atoms with Gasteiger partial charge in [0.1, 0.15) is 29.5 Å². The highest BCUT2D eigenvalue weighted by molar-refractivity contribution is 5.93. The molecule has 1 N–H and O–H groups in total. The number of anilines is 1. The van der Waals surface area contributed by atoms with E-state index >= 15 is 0 Å². The van der Waals surface area contributed by atoms with Crippen LogP contribution in [0.4, 0.5) is 5.82 Å². The summed E-state index contributed by atoms with van der Waals surface area (Å²) in [7, 11) is 0. The van der Waals surface area contributed by atoms with E-state index in [0.717, 1.165) is 17.0 Å². The molecule has 0 saturated carbocycles. The van der Waals surface area contributed by atoms with Crippen molar-refractivity contribution in [1.82, 2.24) is 19.5 Å². The van der Waals surface area contributed by atoms with Crippen molar-refractivity contribution in [2.24, 2.45) is 0 Å². The van der Waals surface area contributed by atoms with Crippen molar-refractivity contribution < 1.29 is 9.53 Å². The molecule has 2 heterocycles. The van der Waals surface area contributed by atoms with Crippen molar-refractivity contribution in [3.8, 4) is 11.6 Å². The monoisotopic (exact) mass is 393 g/mol. The third kappa shape index (κ3) is 4.80. The van der Waals surface area contributed by atoms with E-state index in [1.807, 2.05) is 30.5 Å².